The number of benzene rings is 2. The fourth-order valence-corrected chi connectivity index (χ4v) is 6.39. The summed E-state index contributed by atoms with van der Waals surface area (Å²) in [6, 6.07) is 9.25. The van der Waals surface area contributed by atoms with Crippen LogP contribution in [0, 0.1) is 0 Å². The highest BCUT2D eigenvalue weighted by atomic mass is 16.1. The summed E-state index contributed by atoms with van der Waals surface area (Å²) < 4.78 is 0. The molecule has 7 aliphatic carbocycles. The van der Waals surface area contributed by atoms with Crippen molar-refractivity contribution in [1.82, 2.24) is 0 Å². The number of ketones is 1. The van der Waals surface area contributed by atoms with Gasteiger partial charge in [-0.05, 0) is 77.6 Å². The quantitative estimate of drug-likeness (QED) is 0.463. The summed E-state index contributed by atoms with van der Waals surface area (Å²) in [5, 5.41) is 0. The molecule has 0 saturated heterocycles. The van der Waals surface area contributed by atoms with Crippen LogP contribution in [0.1, 0.15) is 98.7 Å². The molecule has 27 heavy (non-hydrogen) atoms. The zero-order valence-corrected chi connectivity index (χ0v) is 15.4. The number of carbonyl (C=O) groups excluding carboxylic acids is 1. The van der Waals surface area contributed by atoms with Crippen LogP contribution >= 0.6 is 0 Å². The maximum absolute atomic E-state index is 13.5. The molecule has 4 atom stereocenters. The Morgan fingerprint density at radius 2 is 0.926 bits per heavy atom. The van der Waals surface area contributed by atoms with Crippen LogP contribution in [0.5, 0.6) is 0 Å². The Morgan fingerprint density at radius 3 is 1.30 bits per heavy atom. The van der Waals surface area contributed by atoms with Gasteiger partial charge in [0.05, 0.1) is 0 Å². The Hall–Kier alpha value is -2.41. The van der Waals surface area contributed by atoms with E-state index in [9.17, 15) is 4.79 Å². The number of hydrogen-bond donors (Lipinski definition) is 0. The van der Waals surface area contributed by atoms with Crippen LogP contribution in [0.3, 0.4) is 0 Å². The van der Waals surface area contributed by atoms with Gasteiger partial charge >= 0.3 is 0 Å². The summed E-state index contributed by atoms with van der Waals surface area (Å²) in [4.78, 5) is 13.5. The molecule has 132 valence electrons. The average Bonchev–Trinajstić information content (AvgIpc) is 2.74. The minimum atomic E-state index is 0.257. The van der Waals surface area contributed by atoms with Gasteiger partial charge in [0, 0.05) is 34.8 Å². The second kappa shape index (κ2) is 4.90. The highest BCUT2D eigenvalue weighted by Gasteiger charge is 2.35. The summed E-state index contributed by atoms with van der Waals surface area (Å²) in [6.45, 7) is 0. The second-order valence-electron chi connectivity index (χ2n) is 9.13. The number of allylic oxidation sites excluding steroid dienone is 4. The van der Waals surface area contributed by atoms with Crippen molar-refractivity contribution < 1.29 is 4.79 Å². The van der Waals surface area contributed by atoms with Crippen molar-refractivity contribution in [1.29, 1.82) is 0 Å². The largest absolute Gasteiger partial charge is 0.289 e. The maximum atomic E-state index is 13.5. The zero-order chi connectivity index (χ0) is 17.7. The third kappa shape index (κ3) is 1.83. The first-order valence-corrected chi connectivity index (χ1v) is 10.5. The summed E-state index contributed by atoms with van der Waals surface area (Å²) in [5.41, 5.74) is 10.3. The summed E-state index contributed by atoms with van der Waals surface area (Å²) in [7, 11) is 0. The van der Waals surface area contributed by atoms with Crippen LogP contribution < -0.4 is 0 Å². The van der Waals surface area contributed by atoms with Gasteiger partial charge in [-0.1, -0.05) is 36.4 Å². The smallest absolute Gasteiger partial charge is 0.193 e. The number of carbonyl (C=O) groups is 1. The van der Waals surface area contributed by atoms with Crippen LogP contribution in [0.15, 0.2) is 48.6 Å². The molecule has 0 heterocycles. The van der Waals surface area contributed by atoms with Crippen molar-refractivity contribution in [3.8, 4) is 0 Å². The Bertz CT molecular complexity index is 1010. The van der Waals surface area contributed by atoms with Gasteiger partial charge < -0.3 is 0 Å². The first-order valence-electron chi connectivity index (χ1n) is 10.5. The van der Waals surface area contributed by atoms with Crippen LogP contribution in [0.2, 0.25) is 0 Å². The minimum absolute atomic E-state index is 0.257. The average molecular weight is 350 g/mol. The van der Waals surface area contributed by atoms with Gasteiger partial charge in [0.15, 0.2) is 5.78 Å². The molecule has 4 bridgehead atoms. The van der Waals surface area contributed by atoms with Crippen molar-refractivity contribution in [2.75, 3.05) is 0 Å². The Labute approximate surface area is 159 Å². The normalized spacial score (nSPS) is 30.7. The fourth-order valence-electron chi connectivity index (χ4n) is 6.39. The van der Waals surface area contributed by atoms with Gasteiger partial charge in [-0.2, -0.15) is 0 Å². The first kappa shape index (κ1) is 14.6. The third-order valence-corrected chi connectivity index (χ3v) is 7.81. The van der Waals surface area contributed by atoms with E-state index in [0.717, 1.165) is 17.5 Å². The van der Waals surface area contributed by atoms with E-state index in [1.165, 1.54) is 59.1 Å². The maximum Gasteiger partial charge on any atom is 0.193 e. The lowest BCUT2D eigenvalue weighted by molar-refractivity contribution is 0.103. The van der Waals surface area contributed by atoms with E-state index in [-0.39, 0.29) is 5.78 Å². The molecule has 1 heteroatoms. The van der Waals surface area contributed by atoms with Crippen molar-refractivity contribution in [3.05, 3.63) is 93.1 Å². The molecule has 0 aliphatic heterocycles. The molecule has 0 N–H and O–H groups in total. The van der Waals surface area contributed by atoms with E-state index in [0.29, 0.717) is 23.7 Å². The molecule has 9 rings (SSSR count). The molecule has 2 aromatic carbocycles. The summed E-state index contributed by atoms with van der Waals surface area (Å²) >= 11 is 0. The minimum Gasteiger partial charge on any atom is -0.289 e. The fraction of sp³-hybridized carbons (Fsp3) is 0.346. The molecule has 0 fully saturated rings. The number of hydrogen-bond acceptors (Lipinski definition) is 1. The standard InChI is InChI=1S/C26H22O/c27-26-24-12-22-16-5-1-14(2-6-16)20(22)10-18(24)9-19-11-21-15-3-7-17(8-4-15)23(21)13-25(19)26/h1,3,5,7,10-17H,2,4,6,8-9H2. The molecule has 0 aromatic heterocycles. The third-order valence-electron chi connectivity index (χ3n) is 7.81. The lowest BCUT2D eigenvalue weighted by Gasteiger charge is -2.36. The highest BCUT2D eigenvalue weighted by Crippen LogP contribution is 2.49. The summed E-state index contributed by atoms with van der Waals surface area (Å²) in [5.74, 6) is 2.43. The van der Waals surface area contributed by atoms with E-state index in [2.05, 4.69) is 48.6 Å². The van der Waals surface area contributed by atoms with Gasteiger partial charge in [-0.15, -0.1) is 0 Å². The van der Waals surface area contributed by atoms with Crippen LogP contribution in [0.25, 0.3) is 0 Å². The second-order valence-corrected chi connectivity index (χ2v) is 9.13. The Kier molecular flexibility index (Phi) is 2.65. The SMILES string of the molecule is O=C1c2cc3c(cc2Cc2cc4c(cc21)C1C=CC4CC1)C1C=CC3CC1. The molecule has 2 aromatic rings. The van der Waals surface area contributed by atoms with Gasteiger partial charge in [0.1, 0.15) is 0 Å². The molecule has 7 aliphatic rings. The molecule has 0 amide bonds. The Morgan fingerprint density at radius 1 is 0.556 bits per heavy atom. The molecule has 0 spiro atoms. The topological polar surface area (TPSA) is 17.1 Å². The van der Waals surface area contributed by atoms with E-state index in [4.69, 9.17) is 0 Å². The lowest BCUT2D eigenvalue weighted by Crippen LogP contribution is -2.24. The van der Waals surface area contributed by atoms with E-state index >= 15 is 0 Å². The van der Waals surface area contributed by atoms with E-state index in [1.54, 1.807) is 0 Å². The van der Waals surface area contributed by atoms with Gasteiger partial charge in [-0.3, -0.25) is 4.79 Å². The Balaban J connectivity index is 1.40. The van der Waals surface area contributed by atoms with E-state index in [1.807, 2.05) is 0 Å². The van der Waals surface area contributed by atoms with Crippen molar-refractivity contribution in [3.63, 3.8) is 0 Å². The van der Waals surface area contributed by atoms with Crippen molar-refractivity contribution in [2.45, 2.75) is 55.8 Å². The van der Waals surface area contributed by atoms with Crippen molar-refractivity contribution in [2.24, 2.45) is 0 Å². The van der Waals surface area contributed by atoms with E-state index < -0.39 is 0 Å². The predicted molar refractivity (Wildman–Crippen MR) is 107 cm³/mol. The van der Waals surface area contributed by atoms with Crippen LogP contribution in [0.4, 0.5) is 0 Å². The molecule has 0 radical (unpaired) electrons. The zero-order valence-electron chi connectivity index (χ0n) is 15.4. The molecular formula is C26H22O. The highest BCUT2D eigenvalue weighted by molar-refractivity contribution is 6.12. The molecule has 1 nitrogen and oxygen atoms in total. The van der Waals surface area contributed by atoms with Gasteiger partial charge in [-0.25, -0.2) is 0 Å². The first-order chi connectivity index (χ1) is 13.3. The molecule has 0 saturated carbocycles. The number of rotatable bonds is 0. The van der Waals surface area contributed by atoms with Crippen LogP contribution in [-0.2, 0) is 6.42 Å². The summed E-state index contributed by atoms with van der Waals surface area (Å²) in [6.07, 6.45) is 15.4. The lowest BCUT2D eigenvalue weighted by atomic mass is 9.67. The molecular weight excluding hydrogens is 328 g/mol. The molecule has 4 unspecified atom stereocenters. The van der Waals surface area contributed by atoms with Gasteiger partial charge in [0.25, 0.3) is 0 Å². The van der Waals surface area contributed by atoms with Crippen molar-refractivity contribution >= 4 is 5.78 Å². The van der Waals surface area contributed by atoms with Crippen LogP contribution in [-0.4, -0.2) is 5.78 Å². The van der Waals surface area contributed by atoms with Gasteiger partial charge in [0.2, 0.25) is 0 Å². The predicted octanol–water partition coefficient (Wildman–Crippen LogP) is 5.88. The monoisotopic (exact) mass is 350 g/mol. The number of fused-ring (bicyclic) bond motifs is 4.